The number of rotatable bonds is 0. The summed E-state index contributed by atoms with van der Waals surface area (Å²) >= 11 is 3.43. The van der Waals surface area contributed by atoms with Crippen LogP contribution in [0.25, 0.3) is 0 Å². The number of benzene rings is 1. The van der Waals surface area contributed by atoms with Gasteiger partial charge in [0, 0.05) is 15.7 Å². The standard InChI is InChI=1S/C10H10BrNO2/c1-4-3-6-7(5(2)8(4)11)9(13)10(14)12-6/h3,9,13H,1-2H3,(H,12,14). The number of amides is 1. The van der Waals surface area contributed by atoms with Crippen LogP contribution < -0.4 is 5.32 Å². The Hall–Kier alpha value is -0.870. The minimum Gasteiger partial charge on any atom is -0.378 e. The van der Waals surface area contributed by atoms with E-state index in [0.29, 0.717) is 5.56 Å². The smallest absolute Gasteiger partial charge is 0.257 e. The van der Waals surface area contributed by atoms with Crippen molar-refractivity contribution in [1.82, 2.24) is 0 Å². The average molecular weight is 256 g/mol. The Morgan fingerprint density at radius 2 is 2.14 bits per heavy atom. The molecule has 0 aromatic heterocycles. The van der Waals surface area contributed by atoms with Gasteiger partial charge in [0.25, 0.3) is 5.91 Å². The molecule has 74 valence electrons. The van der Waals surface area contributed by atoms with E-state index in [9.17, 15) is 9.90 Å². The summed E-state index contributed by atoms with van der Waals surface area (Å²) in [6.45, 7) is 3.84. The number of aryl methyl sites for hydroxylation is 1. The Balaban J connectivity index is 2.70. The van der Waals surface area contributed by atoms with Gasteiger partial charge in [-0.05, 0) is 31.0 Å². The largest absolute Gasteiger partial charge is 0.378 e. The lowest BCUT2D eigenvalue weighted by Gasteiger charge is -2.09. The minimum absolute atomic E-state index is 0.347. The average Bonchev–Trinajstić information content (AvgIpc) is 2.39. The van der Waals surface area contributed by atoms with Crippen LogP contribution in [0.2, 0.25) is 0 Å². The highest BCUT2D eigenvalue weighted by Crippen LogP contribution is 2.38. The van der Waals surface area contributed by atoms with Gasteiger partial charge in [0.15, 0.2) is 6.10 Å². The first kappa shape index (κ1) is 9.68. The van der Waals surface area contributed by atoms with Crippen molar-refractivity contribution in [2.45, 2.75) is 20.0 Å². The maximum atomic E-state index is 11.2. The van der Waals surface area contributed by atoms with Gasteiger partial charge in [0.1, 0.15) is 0 Å². The molecule has 1 aromatic rings. The van der Waals surface area contributed by atoms with Gasteiger partial charge in [0.2, 0.25) is 0 Å². The Morgan fingerprint density at radius 1 is 1.50 bits per heavy atom. The molecule has 0 aliphatic carbocycles. The molecule has 1 aliphatic heterocycles. The SMILES string of the molecule is Cc1cc2c(c(C)c1Br)C(O)C(=O)N2. The normalized spacial score (nSPS) is 19.4. The lowest BCUT2D eigenvalue weighted by Crippen LogP contribution is -2.11. The highest BCUT2D eigenvalue weighted by atomic mass is 79.9. The van der Waals surface area contributed by atoms with Crippen molar-refractivity contribution in [3.63, 3.8) is 0 Å². The number of hydrogen-bond acceptors (Lipinski definition) is 2. The van der Waals surface area contributed by atoms with Crippen molar-refractivity contribution >= 4 is 27.5 Å². The van der Waals surface area contributed by atoms with Crippen molar-refractivity contribution in [3.05, 3.63) is 27.2 Å². The molecule has 1 aliphatic rings. The van der Waals surface area contributed by atoms with Crippen molar-refractivity contribution in [2.24, 2.45) is 0 Å². The number of fused-ring (bicyclic) bond motifs is 1. The van der Waals surface area contributed by atoms with Crippen LogP contribution in [-0.2, 0) is 4.79 Å². The summed E-state index contributed by atoms with van der Waals surface area (Å²) in [6, 6.07) is 1.86. The lowest BCUT2D eigenvalue weighted by molar-refractivity contribution is -0.123. The number of aliphatic hydroxyl groups is 1. The molecule has 1 aromatic carbocycles. The van der Waals surface area contributed by atoms with E-state index in [1.807, 2.05) is 19.9 Å². The summed E-state index contributed by atoms with van der Waals surface area (Å²) in [7, 11) is 0. The summed E-state index contributed by atoms with van der Waals surface area (Å²) in [5.74, 6) is -0.347. The second kappa shape index (κ2) is 3.07. The molecule has 0 bridgehead atoms. The Labute approximate surface area is 90.3 Å². The topological polar surface area (TPSA) is 49.3 Å². The van der Waals surface area contributed by atoms with Crippen LogP contribution in [0.5, 0.6) is 0 Å². The fourth-order valence-electron chi connectivity index (χ4n) is 1.76. The maximum Gasteiger partial charge on any atom is 0.257 e. The lowest BCUT2D eigenvalue weighted by atomic mass is 10.0. The van der Waals surface area contributed by atoms with E-state index >= 15 is 0 Å². The summed E-state index contributed by atoms with van der Waals surface area (Å²) in [6.07, 6.45) is -1.03. The number of halogens is 1. The van der Waals surface area contributed by atoms with Gasteiger partial charge in [-0.1, -0.05) is 15.9 Å². The first-order valence-corrected chi connectivity index (χ1v) is 5.10. The molecule has 2 rings (SSSR count). The summed E-state index contributed by atoms with van der Waals surface area (Å²) < 4.78 is 0.951. The van der Waals surface area contributed by atoms with Gasteiger partial charge < -0.3 is 10.4 Å². The number of hydrogen-bond donors (Lipinski definition) is 2. The zero-order valence-electron chi connectivity index (χ0n) is 7.89. The second-order valence-electron chi connectivity index (χ2n) is 3.49. The molecule has 14 heavy (non-hydrogen) atoms. The summed E-state index contributed by atoms with van der Waals surface area (Å²) in [5.41, 5.74) is 3.38. The van der Waals surface area contributed by atoms with Crippen LogP contribution >= 0.6 is 15.9 Å². The quantitative estimate of drug-likeness (QED) is 0.746. The monoisotopic (exact) mass is 255 g/mol. The molecule has 1 unspecified atom stereocenters. The van der Waals surface area contributed by atoms with Crippen molar-refractivity contribution in [1.29, 1.82) is 0 Å². The first-order valence-electron chi connectivity index (χ1n) is 4.31. The maximum absolute atomic E-state index is 11.2. The predicted molar refractivity (Wildman–Crippen MR) is 57.2 cm³/mol. The number of nitrogens with one attached hydrogen (secondary N) is 1. The van der Waals surface area contributed by atoms with Gasteiger partial charge >= 0.3 is 0 Å². The zero-order chi connectivity index (χ0) is 10.5. The predicted octanol–water partition coefficient (Wildman–Crippen LogP) is 2.05. The van der Waals surface area contributed by atoms with E-state index in [-0.39, 0.29) is 5.91 Å². The summed E-state index contributed by atoms with van der Waals surface area (Å²) in [4.78, 5) is 11.2. The van der Waals surface area contributed by atoms with Crippen LogP contribution in [-0.4, -0.2) is 11.0 Å². The molecule has 0 spiro atoms. The molecule has 0 saturated heterocycles. The number of carbonyl (C=O) groups is 1. The molecule has 1 atom stereocenters. The van der Waals surface area contributed by atoms with Gasteiger partial charge in [-0.15, -0.1) is 0 Å². The molecular weight excluding hydrogens is 246 g/mol. The van der Waals surface area contributed by atoms with E-state index in [1.54, 1.807) is 0 Å². The number of aliphatic hydroxyl groups excluding tert-OH is 1. The summed E-state index contributed by atoms with van der Waals surface area (Å²) in [5, 5.41) is 12.3. The molecule has 2 N–H and O–H groups in total. The Morgan fingerprint density at radius 3 is 2.79 bits per heavy atom. The van der Waals surface area contributed by atoms with Crippen molar-refractivity contribution in [3.8, 4) is 0 Å². The second-order valence-corrected chi connectivity index (χ2v) is 4.28. The van der Waals surface area contributed by atoms with Gasteiger partial charge in [0.05, 0.1) is 0 Å². The van der Waals surface area contributed by atoms with E-state index in [4.69, 9.17) is 0 Å². The van der Waals surface area contributed by atoms with Crippen LogP contribution in [0.15, 0.2) is 10.5 Å². The van der Waals surface area contributed by atoms with Crippen LogP contribution in [0.1, 0.15) is 22.8 Å². The number of anilines is 1. The van der Waals surface area contributed by atoms with E-state index in [2.05, 4.69) is 21.2 Å². The van der Waals surface area contributed by atoms with E-state index in [0.717, 1.165) is 21.3 Å². The molecule has 3 nitrogen and oxygen atoms in total. The first-order chi connectivity index (χ1) is 6.52. The number of carbonyl (C=O) groups excluding carboxylic acids is 1. The third kappa shape index (κ3) is 1.18. The van der Waals surface area contributed by atoms with E-state index in [1.165, 1.54) is 0 Å². The van der Waals surface area contributed by atoms with Crippen molar-refractivity contribution in [2.75, 3.05) is 5.32 Å². The Bertz CT molecular complexity index is 429. The van der Waals surface area contributed by atoms with Crippen LogP contribution in [0.4, 0.5) is 5.69 Å². The minimum atomic E-state index is -1.03. The Kier molecular flexibility index (Phi) is 2.12. The molecule has 4 heteroatoms. The van der Waals surface area contributed by atoms with Gasteiger partial charge in [-0.2, -0.15) is 0 Å². The fourth-order valence-corrected chi connectivity index (χ4v) is 2.09. The fraction of sp³-hybridized carbons (Fsp3) is 0.300. The third-order valence-corrected chi connectivity index (χ3v) is 3.73. The molecule has 1 amide bonds. The van der Waals surface area contributed by atoms with Crippen LogP contribution in [0, 0.1) is 13.8 Å². The van der Waals surface area contributed by atoms with Gasteiger partial charge in [-0.25, -0.2) is 0 Å². The van der Waals surface area contributed by atoms with Crippen molar-refractivity contribution < 1.29 is 9.90 Å². The highest BCUT2D eigenvalue weighted by molar-refractivity contribution is 9.10. The highest BCUT2D eigenvalue weighted by Gasteiger charge is 2.31. The molecule has 0 saturated carbocycles. The van der Waals surface area contributed by atoms with Gasteiger partial charge in [-0.3, -0.25) is 4.79 Å². The molecule has 1 heterocycles. The third-order valence-electron chi connectivity index (χ3n) is 2.51. The molecular formula is C10H10BrNO2. The molecule has 0 fully saturated rings. The molecule has 0 radical (unpaired) electrons. The van der Waals surface area contributed by atoms with Crippen LogP contribution in [0.3, 0.4) is 0 Å². The van der Waals surface area contributed by atoms with E-state index < -0.39 is 6.10 Å². The zero-order valence-corrected chi connectivity index (χ0v) is 9.47.